The van der Waals surface area contributed by atoms with E-state index in [9.17, 15) is 0 Å². The predicted octanol–water partition coefficient (Wildman–Crippen LogP) is 5.06. The minimum atomic E-state index is 0.349. The summed E-state index contributed by atoms with van der Waals surface area (Å²) in [6.45, 7) is 3.22. The SMILES string of the molecule is Cc1ccc2[nH]c3c(c2c1)CCN[C@H]3Cc1cccc2ccccc12. The summed E-state index contributed by atoms with van der Waals surface area (Å²) >= 11 is 0. The second kappa shape index (κ2) is 5.75. The lowest BCUT2D eigenvalue weighted by Crippen LogP contribution is -2.31. The van der Waals surface area contributed by atoms with Crippen LogP contribution in [0, 0.1) is 6.92 Å². The molecule has 2 heterocycles. The van der Waals surface area contributed by atoms with Crippen molar-refractivity contribution < 1.29 is 0 Å². The molecule has 1 atom stereocenters. The van der Waals surface area contributed by atoms with E-state index < -0.39 is 0 Å². The number of hydrogen-bond donors (Lipinski definition) is 2. The van der Waals surface area contributed by atoms with Crippen LogP contribution in [0.1, 0.15) is 28.4 Å². The van der Waals surface area contributed by atoms with Crippen LogP contribution in [0.2, 0.25) is 0 Å². The van der Waals surface area contributed by atoms with Crippen LogP contribution < -0.4 is 5.32 Å². The van der Waals surface area contributed by atoms with Gasteiger partial charge in [0.15, 0.2) is 0 Å². The van der Waals surface area contributed by atoms with Crippen LogP contribution in [0.25, 0.3) is 21.7 Å². The van der Waals surface area contributed by atoms with E-state index in [1.807, 2.05) is 0 Å². The highest BCUT2D eigenvalue weighted by Gasteiger charge is 2.24. The van der Waals surface area contributed by atoms with Gasteiger partial charge in [0.25, 0.3) is 0 Å². The average Bonchev–Trinajstić information content (AvgIpc) is 3.01. The number of hydrogen-bond acceptors (Lipinski definition) is 1. The molecule has 124 valence electrons. The number of aryl methyl sites for hydroxylation is 1. The fraction of sp³-hybridized carbons (Fsp3) is 0.217. The summed E-state index contributed by atoms with van der Waals surface area (Å²) in [5.41, 5.74) is 6.89. The Balaban J connectivity index is 1.59. The van der Waals surface area contributed by atoms with Crippen LogP contribution in [0.4, 0.5) is 0 Å². The first-order valence-corrected chi connectivity index (χ1v) is 9.11. The molecule has 5 rings (SSSR count). The van der Waals surface area contributed by atoms with Crippen LogP contribution in [-0.2, 0) is 12.8 Å². The van der Waals surface area contributed by atoms with Gasteiger partial charge in [0.1, 0.15) is 0 Å². The second-order valence-electron chi connectivity index (χ2n) is 7.17. The molecule has 0 amide bonds. The third kappa shape index (κ3) is 2.45. The molecule has 3 aromatic carbocycles. The number of benzene rings is 3. The summed E-state index contributed by atoms with van der Waals surface area (Å²) < 4.78 is 0. The molecule has 0 spiro atoms. The van der Waals surface area contributed by atoms with Crippen molar-refractivity contribution >= 4 is 21.7 Å². The second-order valence-corrected chi connectivity index (χ2v) is 7.17. The maximum absolute atomic E-state index is 3.73. The molecule has 2 N–H and O–H groups in total. The molecule has 0 saturated carbocycles. The van der Waals surface area contributed by atoms with Gasteiger partial charge < -0.3 is 10.3 Å². The summed E-state index contributed by atoms with van der Waals surface area (Å²) in [5.74, 6) is 0. The number of fused-ring (bicyclic) bond motifs is 4. The number of rotatable bonds is 2. The molecule has 2 nitrogen and oxygen atoms in total. The molecule has 0 fully saturated rings. The first-order valence-electron chi connectivity index (χ1n) is 9.11. The minimum absolute atomic E-state index is 0.349. The van der Waals surface area contributed by atoms with Crippen molar-refractivity contribution in [1.29, 1.82) is 0 Å². The average molecular weight is 326 g/mol. The maximum Gasteiger partial charge on any atom is 0.0517 e. The van der Waals surface area contributed by atoms with Gasteiger partial charge in [0, 0.05) is 16.6 Å². The number of aromatic amines is 1. The van der Waals surface area contributed by atoms with E-state index in [4.69, 9.17) is 0 Å². The maximum atomic E-state index is 3.73. The first kappa shape index (κ1) is 14.7. The molecule has 1 aliphatic heterocycles. The van der Waals surface area contributed by atoms with Gasteiger partial charge >= 0.3 is 0 Å². The Kier molecular flexibility index (Phi) is 3.39. The molecule has 1 aliphatic rings. The summed E-state index contributed by atoms with van der Waals surface area (Å²) in [5, 5.41) is 7.82. The third-order valence-electron chi connectivity index (χ3n) is 5.51. The lowest BCUT2D eigenvalue weighted by molar-refractivity contribution is 0.496. The standard InChI is InChI=1S/C23H22N2/c1-15-9-10-21-20(13-15)19-11-12-24-22(23(19)25-21)14-17-7-4-6-16-5-2-3-8-18(16)17/h2-10,13,22,24-25H,11-12,14H2,1H3/t22-/m0/s1. The Labute approximate surface area is 147 Å². The summed E-state index contributed by atoms with van der Waals surface area (Å²) in [7, 11) is 0. The molecule has 0 saturated heterocycles. The van der Waals surface area contributed by atoms with E-state index in [1.54, 1.807) is 0 Å². The summed E-state index contributed by atoms with van der Waals surface area (Å²) in [6, 6.07) is 22.4. The third-order valence-corrected chi connectivity index (χ3v) is 5.51. The quantitative estimate of drug-likeness (QED) is 0.529. The number of H-pyrrole nitrogens is 1. The van der Waals surface area contributed by atoms with Gasteiger partial charge in [-0.3, -0.25) is 0 Å². The smallest absolute Gasteiger partial charge is 0.0517 e. The molecule has 0 aliphatic carbocycles. The molecular formula is C23H22N2. The van der Waals surface area contributed by atoms with Gasteiger partial charge in [-0.1, -0.05) is 54.1 Å². The zero-order valence-electron chi connectivity index (χ0n) is 14.5. The van der Waals surface area contributed by atoms with Gasteiger partial charge in [0.05, 0.1) is 6.04 Å². The van der Waals surface area contributed by atoms with Gasteiger partial charge in [-0.15, -0.1) is 0 Å². The molecule has 25 heavy (non-hydrogen) atoms. The van der Waals surface area contributed by atoms with Crippen molar-refractivity contribution in [1.82, 2.24) is 10.3 Å². The number of nitrogens with one attached hydrogen (secondary N) is 2. The molecular weight excluding hydrogens is 304 g/mol. The van der Waals surface area contributed by atoms with Crippen molar-refractivity contribution in [2.45, 2.75) is 25.8 Å². The highest BCUT2D eigenvalue weighted by Crippen LogP contribution is 2.33. The van der Waals surface area contributed by atoms with Gasteiger partial charge in [-0.05, 0) is 60.3 Å². The minimum Gasteiger partial charge on any atom is -0.357 e. The van der Waals surface area contributed by atoms with E-state index in [-0.39, 0.29) is 0 Å². The van der Waals surface area contributed by atoms with E-state index in [1.165, 1.54) is 44.1 Å². The molecule has 1 aromatic heterocycles. The zero-order chi connectivity index (χ0) is 16.8. The van der Waals surface area contributed by atoms with Gasteiger partial charge in [-0.2, -0.15) is 0 Å². The topological polar surface area (TPSA) is 27.8 Å². The zero-order valence-corrected chi connectivity index (χ0v) is 14.5. The van der Waals surface area contributed by atoms with Crippen molar-refractivity contribution in [2.75, 3.05) is 6.54 Å². The van der Waals surface area contributed by atoms with Crippen molar-refractivity contribution in [3.05, 3.63) is 83.0 Å². The Morgan fingerprint density at radius 1 is 0.960 bits per heavy atom. The van der Waals surface area contributed by atoms with E-state index in [2.05, 4.69) is 77.9 Å². The molecule has 4 aromatic rings. The van der Waals surface area contributed by atoms with Crippen LogP contribution in [0.15, 0.2) is 60.7 Å². The Morgan fingerprint density at radius 3 is 2.80 bits per heavy atom. The Morgan fingerprint density at radius 2 is 1.84 bits per heavy atom. The molecule has 0 radical (unpaired) electrons. The monoisotopic (exact) mass is 326 g/mol. The predicted molar refractivity (Wildman–Crippen MR) is 105 cm³/mol. The summed E-state index contributed by atoms with van der Waals surface area (Å²) in [4.78, 5) is 3.70. The Hall–Kier alpha value is -2.58. The van der Waals surface area contributed by atoms with Crippen LogP contribution >= 0.6 is 0 Å². The van der Waals surface area contributed by atoms with Gasteiger partial charge in [0.2, 0.25) is 0 Å². The van der Waals surface area contributed by atoms with Crippen molar-refractivity contribution in [2.24, 2.45) is 0 Å². The lowest BCUT2D eigenvalue weighted by atomic mass is 9.92. The highest BCUT2D eigenvalue weighted by molar-refractivity contribution is 5.87. The fourth-order valence-electron chi connectivity index (χ4n) is 4.29. The van der Waals surface area contributed by atoms with E-state index >= 15 is 0 Å². The van der Waals surface area contributed by atoms with Crippen LogP contribution in [-0.4, -0.2) is 11.5 Å². The van der Waals surface area contributed by atoms with E-state index in [0.29, 0.717) is 6.04 Å². The van der Waals surface area contributed by atoms with Crippen LogP contribution in [0.5, 0.6) is 0 Å². The van der Waals surface area contributed by atoms with Crippen molar-refractivity contribution in [3.63, 3.8) is 0 Å². The largest absolute Gasteiger partial charge is 0.357 e. The Bertz CT molecular complexity index is 1070. The first-order chi connectivity index (χ1) is 12.3. The highest BCUT2D eigenvalue weighted by atomic mass is 15.0. The fourth-order valence-corrected chi connectivity index (χ4v) is 4.29. The van der Waals surface area contributed by atoms with Crippen LogP contribution in [0.3, 0.4) is 0 Å². The molecule has 0 bridgehead atoms. The molecule has 2 heteroatoms. The van der Waals surface area contributed by atoms with Crippen molar-refractivity contribution in [3.8, 4) is 0 Å². The lowest BCUT2D eigenvalue weighted by Gasteiger charge is -2.25. The van der Waals surface area contributed by atoms with Gasteiger partial charge in [-0.25, -0.2) is 0 Å². The number of aromatic nitrogens is 1. The summed E-state index contributed by atoms with van der Waals surface area (Å²) in [6.07, 6.45) is 2.12. The normalized spacial score (nSPS) is 17.1. The molecule has 0 unspecified atom stereocenters. The van der Waals surface area contributed by atoms with E-state index in [0.717, 1.165) is 19.4 Å².